The normalized spacial score (nSPS) is 10.5. The van der Waals surface area contributed by atoms with Crippen molar-refractivity contribution in [1.29, 1.82) is 0 Å². The minimum Gasteiger partial charge on any atom is -0.477 e. The van der Waals surface area contributed by atoms with Crippen LogP contribution in [0.4, 0.5) is 4.39 Å². The van der Waals surface area contributed by atoms with E-state index in [1.807, 2.05) is 0 Å². The minimum absolute atomic E-state index is 0.200. The zero-order valence-corrected chi connectivity index (χ0v) is 7.35. The Morgan fingerprint density at radius 3 is 2.87 bits per heavy atom. The van der Waals surface area contributed by atoms with Crippen molar-refractivity contribution in [2.24, 2.45) is 0 Å². The molecule has 0 unspecified atom stereocenters. The molecule has 2 aromatic rings. The Morgan fingerprint density at radius 2 is 2.20 bits per heavy atom. The first kappa shape index (κ1) is 9.32. The van der Waals surface area contributed by atoms with Crippen molar-refractivity contribution in [2.75, 3.05) is 0 Å². The van der Waals surface area contributed by atoms with E-state index in [-0.39, 0.29) is 5.65 Å². The topological polar surface area (TPSA) is 71.7 Å². The lowest BCUT2D eigenvalue weighted by atomic mass is 10.3. The largest absolute Gasteiger partial charge is 0.477 e. The summed E-state index contributed by atoms with van der Waals surface area (Å²) in [7, 11) is 0. The minimum atomic E-state index is -1.38. The fourth-order valence-electron chi connectivity index (χ4n) is 1.20. The Hall–Kier alpha value is -2.24. The Balaban J connectivity index is 2.89. The number of aromatic nitrogens is 2. The molecule has 0 aliphatic carbocycles. The summed E-state index contributed by atoms with van der Waals surface area (Å²) in [5.41, 5.74) is -1.09. The summed E-state index contributed by atoms with van der Waals surface area (Å²) in [4.78, 5) is 25.8. The van der Waals surface area contributed by atoms with Crippen molar-refractivity contribution in [3.8, 4) is 0 Å². The van der Waals surface area contributed by atoms with E-state index >= 15 is 0 Å². The van der Waals surface area contributed by atoms with Gasteiger partial charge in [-0.05, 0) is 12.1 Å². The van der Waals surface area contributed by atoms with Crippen molar-refractivity contribution in [1.82, 2.24) is 9.38 Å². The molecule has 2 heterocycles. The van der Waals surface area contributed by atoms with Crippen LogP contribution in [0, 0.1) is 5.82 Å². The van der Waals surface area contributed by atoms with E-state index in [1.165, 1.54) is 6.07 Å². The van der Waals surface area contributed by atoms with Crippen LogP contribution in [0.2, 0.25) is 0 Å². The molecule has 0 atom stereocenters. The highest BCUT2D eigenvalue weighted by molar-refractivity contribution is 5.86. The second kappa shape index (κ2) is 3.16. The van der Waals surface area contributed by atoms with Gasteiger partial charge in [-0.25, -0.2) is 14.2 Å². The summed E-state index contributed by atoms with van der Waals surface area (Å²) < 4.78 is 13.7. The van der Waals surface area contributed by atoms with E-state index in [1.54, 1.807) is 0 Å². The lowest BCUT2D eigenvalue weighted by Crippen LogP contribution is -2.22. The SMILES string of the molecule is O=C(O)c1cnc2ccc(F)cn2c1=O. The van der Waals surface area contributed by atoms with Crippen molar-refractivity contribution in [2.45, 2.75) is 0 Å². The van der Waals surface area contributed by atoms with Gasteiger partial charge in [-0.1, -0.05) is 0 Å². The highest BCUT2D eigenvalue weighted by atomic mass is 19.1. The molecule has 0 aliphatic rings. The lowest BCUT2D eigenvalue weighted by molar-refractivity contribution is 0.0694. The number of hydrogen-bond acceptors (Lipinski definition) is 3. The van der Waals surface area contributed by atoms with Gasteiger partial charge in [-0.15, -0.1) is 0 Å². The summed E-state index contributed by atoms with van der Waals surface area (Å²) in [5.74, 6) is -2.01. The van der Waals surface area contributed by atoms with E-state index in [4.69, 9.17) is 5.11 Å². The van der Waals surface area contributed by atoms with E-state index in [0.29, 0.717) is 0 Å². The molecule has 2 aromatic heterocycles. The molecule has 0 amide bonds. The van der Waals surface area contributed by atoms with Crippen molar-refractivity contribution in [3.05, 3.63) is 46.3 Å². The van der Waals surface area contributed by atoms with Crippen LogP contribution in [-0.4, -0.2) is 20.5 Å². The molecule has 0 radical (unpaired) electrons. The number of carboxylic acid groups (broad SMARTS) is 1. The Morgan fingerprint density at radius 1 is 1.47 bits per heavy atom. The van der Waals surface area contributed by atoms with Gasteiger partial charge in [-0.3, -0.25) is 9.20 Å². The van der Waals surface area contributed by atoms with Crippen molar-refractivity contribution >= 4 is 11.6 Å². The second-order valence-electron chi connectivity index (χ2n) is 2.86. The van der Waals surface area contributed by atoms with Gasteiger partial charge in [0.05, 0.1) is 0 Å². The fraction of sp³-hybridized carbons (Fsp3) is 0. The standard InChI is InChI=1S/C9H5FN2O3/c10-5-1-2-7-11-3-6(9(14)15)8(13)12(7)4-5/h1-4H,(H,14,15). The third-order valence-corrected chi connectivity index (χ3v) is 1.90. The molecule has 0 saturated heterocycles. The van der Waals surface area contributed by atoms with Crippen LogP contribution in [-0.2, 0) is 0 Å². The molecule has 0 spiro atoms. The number of hydrogen-bond donors (Lipinski definition) is 1. The number of fused-ring (bicyclic) bond motifs is 1. The van der Waals surface area contributed by atoms with Crippen LogP contribution >= 0.6 is 0 Å². The Kier molecular flexibility index (Phi) is 1.96. The number of aromatic carboxylic acids is 1. The van der Waals surface area contributed by atoms with Gasteiger partial charge >= 0.3 is 5.97 Å². The number of nitrogens with zero attached hydrogens (tertiary/aromatic N) is 2. The van der Waals surface area contributed by atoms with Crippen molar-refractivity contribution < 1.29 is 14.3 Å². The smallest absolute Gasteiger partial charge is 0.342 e. The van der Waals surface area contributed by atoms with E-state index in [0.717, 1.165) is 22.9 Å². The fourth-order valence-corrected chi connectivity index (χ4v) is 1.20. The molecule has 76 valence electrons. The van der Waals surface area contributed by atoms with E-state index < -0.39 is 22.9 Å². The maximum absolute atomic E-state index is 12.8. The quantitative estimate of drug-likeness (QED) is 0.742. The zero-order chi connectivity index (χ0) is 11.0. The molecule has 1 N–H and O–H groups in total. The average Bonchev–Trinajstić information content (AvgIpc) is 2.19. The lowest BCUT2D eigenvalue weighted by Gasteiger charge is -2.00. The first-order valence-corrected chi connectivity index (χ1v) is 4.00. The van der Waals surface area contributed by atoms with Crippen LogP contribution in [0.15, 0.2) is 29.3 Å². The van der Waals surface area contributed by atoms with Crippen LogP contribution in [0.5, 0.6) is 0 Å². The summed E-state index contributed by atoms with van der Waals surface area (Å²) >= 11 is 0. The van der Waals surface area contributed by atoms with Gasteiger partial charge in [0.15, 0.2) is 0 Å². The first-order chi connectivity index (χ1) is 7.09. The number of carboxylic acids is 1. The summed E-state index contributed by atoms with van der Waals surface area (Å²) in [6, 6.07) is 2.44. The van der Waals surface area contributed by atoms with Gasteiger partial charge in [0, 0.05) is 12.4 Å². The van der Waals surface area contributed by atoms with Gasteiger partial charge < -0.3 is 5.11 Å². The average molecular weight is 208 g/mol. The molecular formula is C9H5FN2O3. The van der Waals surface area contributed by atoms with Gasteiger partial charge in [-0.2, -0.15) is 0 Å². The molecule has 0 fully saturated rings. The van der Waals surface area contributed by atoms with Crippen molar-refractivity contribution in [3.63, 3.8) is 0 Å². The van der Waals surface area contributed by atoms with Crippen LogP contribution < -0.4 is 5.56 Å². The van der Waals surface area contributed by atoms with Gasteiger partial charge in [0.1, 0.15) is 17.0 Å². The highest BCUT2D eigenvalue weighted by Gasteiger charge is 2.11. The molecule has 15 heavy (non-hydrogen) atoms. The molecular weight excluding hydrogens is 203 g/mol. The number of rotatable bonds is 1. The third kappa shape index (κ3) is 1.45. The third-order valence-electron chi connectivity index (χ3n) is 1.90. The van der Waals surface area contributed by atoms with Crippen LogP contribution in [0.1, 0.15) is 10.4 Å². The monoisotopic (exact) mass is 208 g/mol. The summed E-state index contributed by atoms with van der Waals surface area (Å²) in [6.07, 6.45) is 1.86. The number of pyridine rings is 1. The summed E-state index contributed by atoms with van der Waals surface area (Å²) in [6.45, 7) is 0. The molecule has 2 rings (SSSR count). The predicted octanol–water partition coefficient (Wildman–Crippen LogP) is 0.532. The van der Waals surface area contributed by atoms with E-state index in [2.05, 4.69) is 4.98 Å². The summed E-state index contributed by atoms with van der Waals surface area (Å²) in [5, 5.41) is 8.65. The maximum Gasteiger partial charge on any atom is 0.342 e. The Bertz CT molecular complexity index is 606. The van der Waals surface area contributed by atoms with Crippen LogP contribution in [0.25, 0.3) is 5.65 Å². The molecule has 0 aromatic carbocycles. The van der Waals surface area contributed by atoms with Gasteiger partial charge in [0.25, 0.3) is 5.56 Å². The number of carbonyl (C=O) groups is 1. The first-order valence-electron chi connectivity index (χ1n) is 4.00. The zero-order valence-electron chi connectivity index (χ0n) is 7.35. The van der Waals surface area contributed by atoms with Gasteiger partial charge in [0.2, 0.25) is 0 Å². The number of halogens is 1. The second-order valence-corrected chi connectivity index (χ2v) is 2.86. The molecule has 6 heteroatoms. The molecule has 5 nitrogen and oxygen atoms in total. The maximum atomic E-state index is 12.8. The molecule has 0 aliphatic heterocycles. The van der Waals surface area contributed by atoms with Crippen LogP contribution in [0.3, 0.4) is 0 Å². The predicted molar refractivity (Wildman–Crippen MR) is 48.4 cm³/mol. The molecule has 0 saturated carbocycles. The highest BCUT2D eigenvalue weighted by Crippen LogP contribution is 2.01. The Labute approximate surface area is 82.4 Å². The van der Waals surface area contributed by atoms with E-state index in [9.17, 15) is 14.0 Å². The molecule has 0 bridgehead atoms.